The Balaban J connectivity index is 1.25. The first-order valence-corrected chi connectivity index (χ1v) is 15.7. The van der Waals surface area contributed by atoms with Crippen molar-refractivity contribution in [1.82, 2.24) is 14.3 Å². The Morgan fingerprint density at radius 1 is 0.929 bits per heavy atom. The molecule has 2 N–H and O–H groups in total. The van der Waals surface area contributed by atoms with Gasteiger partial charge in [0.1, 0.15) is 5.82 Å². The smallest absolute Gasteiger partial charge is 0.255 e. The van der Waals surface area contributed by atoms with Crippen LogP contribution in [0.4, 0.5) is 5.69 Å². The number of aromatic amines is 1. The molecule has 1 fully saturated rings. The number of anilines is 1. The van der Waals surface area contributed by atoms with E-state index >= 15 is 0 Å². The number of sulfonamides is 1. The van der Waals surface area contributed by atoms with E-state index in [9.17, 15) is 13.2 Å². The topological polar surface area (TPSA) is 123 Å². The summed E-state index contributed by atoms with van der Waals surface area (Å²) in [6.45, 7) is 7.58. The van der Waals surface area contributed by atoms with E-state index in [0.29, 0.717) is 74.3 Å². The lowest BCUT2D eigenvalue weighted by Gasteiger charge is -2.30. The Labute approximate surface area is 246 Å². The molecule has 0 atom stereocenters. The number of carbonyl (C=O) groups excluding carboxylic acids is 1. The van der Waals surface area contributed by atoms with Gasteiger partial charge in [-0.1, -0.05) is 12.1 Å². The lowest BCUT2D eigenvalue weighted by Crippen LogP contribution is -2.38. The minimum Gasteiger partial charge on any atom is -0.490 e. The molecule has 5 rings (SSSR count). The van der Waals surface area contributed by atoms with Crippen molar-refractivity contribution in [3.63, 3.8) is 0 Å². The van der Waals surface area contributed by atoms with Gasteiger partial charge in [-0.3, -0.25) is 4.79 Å². The number of amides is 1. The maximum Gasteiger partial charge on any atom is 0.255 e. The third-order valence-electron chi connectivity index (χ3n) is 7.17. The summed E-state index contributed by atoms with van der Waals surface area (Å²) in [6.07, 6.45) is 1.37. The summed E-state index contributed by atoms with van der Waals surface area (Å²) in [7, 11) is -3.68. The minimum absolute atomic E-state index is 0.176. The average molecular weight is 593 g/mol. The summed E-state index contributed by atoms with van der Waals surface area (Å²) >= 11 is 0. The second-order valence-corrected chi connectivity index (χ2v) is 11.8. The van der Waals surface area contributed by atoms with Gasteiger partial charge in [-0.15, -0.1) is 0 Å². The molecule has 0 unspecified atom stereocenters. The van der Waals surface area contributed by atoms with Crippen LogP contribution in [-0.2, 0) is 10.0 Å². The molecule has 0 radical (unpaired) electrons. The molecule has 10 nitrogen and oxygen atoms in total. The van der Waals surface area contributed by atoms with Crippen LogP contribution in [0.2, 0.25) is 0 Å². The first-order chi connectivity index (χ1) is 20.3. The standard InChI is InChI=1S/C31H36N4O6S/c1-4-39-27-19-22(20-28(40-5-2)29(27)41-6-3)31(36)32-23-11-13-24(14-12-23)42(37,38)35-17-15-21(16-18-35)30-33-25-9-7-8-10-26(25)34-30/h7-14,19-21H,4-6,15-18H2,1-3H3,(H,32,36)(H,33,34). The second-order valence-electron chi connectivity index (χ2n) is 9.90. The fourth-order valence-corrected chi connectivity index (χ4v) is 6.59. The summed E-state index contributed by atoms with van der Waals surface area (Å²) in [6, 6.07) is 17.3. The number of fused-ring (bicyclic) bond motifs is 1. The number of hydrogen-bond donors (Lipinski definition) is 2. The number of ether oxygens (including phenoxy) is 3. The molecule has 4 aromatic rings. The van der Waals surface area contributed by atoms with Crippen molar-refractivity contribution in [3.05, 3.63) is 72.1 Å². The van der Waals surface area contributed by atoms with Crippen molar-refractivity contribution in [1.29, 1.82) is 0 Å². The lowest BCUT2D eigenvalue weighted by atomic mass is 9.97. The summed E-state index contributed by atoms with van der Waals surface area (Å²) in [4.78, 5) is 21.4. The monoisotopic (exact) mass is 592 g/mol. The van der Waals surface area contributed by atoms with Gasteiger partial charge in [0.25, 0.3) is 5.91 Å². The van der Waals surface area contributed by atoms with Gasteiger partial charge in [-0.2, -0.15) is 4.31 Å². The summed E-state index contributed by atoms with van der Waals surface area (Å²) in [5.74, 6) is 1.98. The van der Waals surface area contributed by atoms with Crippen LogP contribution < -0.4 is 19.5 Å². The van der Waals surface area contributed by atoms with E-state index in [1.807, 2.05) is 45.0 Å². The quantitative estimate of drug-likeness (QED) is 0.233. The highest BCUT2D eigenvalue weighted by Crippen LogP contribution is 2.39. The molecular formula is C31H36N4O6S. The van der Waals surface area contributed by atoms with Crippen molar-refractivity contribution in [2.24, 2.45) is 0 Å². The normalized spacial score (nSPS) is 14.5. The number of benzene rings is 3. The third-order valence-corrected chi connectivity index (χ3v) is 9.08. The van der Waals surface area contributed by atoms with Gasteiger partial charge in [-0.25, -0.2) is 13.4 Å². The molecule has 11 heteroatoms. The highest BCUT2D eigenvalue weighted by Gasteiger charge is 2.31. The maximum absolute atomic E-state index is 13.4. The van der Waals surface area contributed by atoms with Crippen LogP contribution in [-0.4, -0.2) is 61.5 Å². The molecule has 0 spiro atoms. The van der Waals surface area contributed by atoms with Gasteiger partial charge >= 0.3 is 0 Å². The number of para-hydroxylation sites is 2. The molecule has 1 aliphatic rings. The number of piperidine rings is 1. The number of carbonyl (C=O) groups is 1. The van der Waals surface area contributed by atoms with Gasteiger partial charge in [-0.05, 0) is 82.1 Å². The zero-order valence-corrected chi connectivity index (χ0v) is 24.9. The molecule has 42 heavy (non-hydrogen) atoms. The zero-order chi connectivity index (χ0) is 29.7. The Morgan fingerprint density at radius 3 is 2.14 bits per heavy atom. The fourth-order valence-electron chi connectivity index (χ4n) is 5.12. The van der Waals surface area contributed by atoms with Crippen molar-refractivity contribution in [2.75, 3.05) is 38.2 Å². The molecule has 1 amide bonds. The largest absolute Gasteiger partial charge is 0.490 e. The van der Waals surface area contributed by atoms with E-state index in [4.69, 9.17) is 19.2 Å². The Morgan fingerprint density at radius 2 is 1.55 bits per heavy atom. The summed E-state index contributed by atoms with van der Waals surface area (Å²) in [5.41, 5.74) is 2.70. The highest BCUT2D eigenvalue weighted by molar-refractivity contribution is 7.89. The van der Waals surface area contributed by atoms with E-state index in [-0.39, 0.29) is 16.7 Å². The molecule has 2 heterocycles. The molecular weight excluding hydrogens is 556 g/mol. The molecule has 1 aromatic heterocycles. The highest BCUT2D eigenvalue weighted by atomic mass is 32.2. The van der Waals surface area contributed by atoms with E-state index in [1.165, 1.54) is 16.4 Å². The van der Waals surface area contributed by atoms with Crippen molar-refractivity contribution in [3.8, 4) is 17.2 Å². The van der Waals surface area contributed by atoms with E-state index in [1.54, 1.807) is 24.3 Å². The van der Waals surface area contributed by atoms with E-state index in [2.05, 4.69) is 10.3 Å². The Bertz CT molecular complexity index is 1580. The SMILES string of the molecule is CCOc1cc(C(=O)Nc2ccc(S(=O)(=O)N3CCC(c4nc5ccccc5[nH]4)CC3)cc2)cc(OCC)c1OCC. The van der Waals surface area contributed by atoms with Gasteiger partial charge in [0, 0.05) is 30.3 Å². The molecule has 0 aliphatic carbocycles. The Hall–Kier alpha value is -4.09. The number of imidazole rings is 1. The van der Waals surface area contributed by atoms with Gasteiger partial charge in [0.15, 0.2) is 11.5 Å². The molecule has 0 saturated carbocycles. The Kier molecular flexibility index (Phi) is 8.98. The zero-order valence-electron chi connectivity index (χ0n) is 24.1. The second kappa shape index (κ2) is 12.8. The van der Waals surface area contributed by atoms with Crippen LogP contribution in [0.3, 0.4) is 0 Å². The molecule has 0 bridgehead atoms. The number of nitrogens with zero attached hydrogens (tertiary/aromatic N) is 2. The van der Waals surface area contributed by atoms with Crippen LogP contribution >= 0.6 is 0 Å². The maximum atomic E-state index is 13.4. The molecule has 3 aromatic carbocycles. The van der Waals surface area contributed by atoms with Crippen LogP contribution in [0.25, 0.3) is 11.0 Å². The number of rotatable bonds is 11. The molecule has 222 valence electrons. The van der Waals surface area contributed by atoms with Crippen LogP contribution in [0.1, 0.15) is 55.7 Å². The first-order valence-electron chi connectivity index (χ1n) is 14.3. The molecule has 1 saturated heterocycles. The number of hydrogen-bond acceptors (Lipinski definition) is 7. The van der Waals surface area contributed by atoms with Crippen molar-refractivity contribution >= 4 is 32.7 Å². The van der Waals surface area contributed by atoms with Gasteiger partial charge in [0.05, 0.1) is 35.7 Å². The lowest BCUT2D eigenvalue weighted by molar-refractivity contribution is 0.102. The molecule has 1 aliphatic heterocycles. The average Bonchev–Trinajstić information content (AvgIpc) is 3.44. The van der Waals surface area contributed by atoms with Crippen LogP contribution in [0, 0.1) is 0 Å². The summed E-state index contributed by atoms with van der Waals surface area (Å²) < 4.78 is 45.4. The first kappa shape index (κ1) is 29.4. The van der Waals surface area contributed by atoms with Crippen LogP contribution in [0.5, 0.6) is 17.2 Å². The van der Waals surface area contributed by atoms with E-state index in [0.717, 1.165) is 16.9 Å². The minimum atomic E-state index is -3.68. The van der Waals surface area contributed by atoms with Gasteiger partial charge < -0.3 is 24.5 Å². The van der Waals surface area contributed by atoms with Crippen molar-refractivity contribution in [2.45, 2.75) is 44.4 Å². The third kappa shape index (κ3) is 6.22. The van der Waals surface area contributed by atoms with E-state index < -0.39 is 10.0 Å². The predicted octanol–water partition coefficient (Wildman–Crippen LogP) is 5.58. The van der Waals surface area contributed by atoms with Crippen LogP contribution in [0.15, 0.2) is 65.6 Å². The predicted molar refractivity (Wildman–Crippen MR) is 161 cm³/mol. The summed E-state index contributed by atoms with van der Waals surface area (Å²) in [5, 5.41) is 2.83. The number of nitrogens with one attached hydrogen (secondary N) is 2. The number of H-pyrrole nitrogens is 1. The number of aromatic nitrogens is 2. The fraction of sp³-hybridized carbons (Fsp3) is 0.355. The van der Waals surface area contributed by atoms with Gasteiger partial charge in [0.2, 0.25) is 15.8 Å². The van der Waals surface area contributed by atoms with Crippen molar-refractivity contribution < 1.29 is 27.4 Å².